The van der Waals surface area contributed by atoms with Gasteiger partial charge in [-0.3, -0.25) is 14.7 Å². The molecule has 0 aliphatic heterocycles. The van der Waals surface area contributed by atoms with E-state index in [1.54, 1.807) is 23.1 Å². The van der Waals surface area contributed by atoms with Crippen LogP contribution in [0.15, 0.2) is 60.0 Å². The van der Waals surface area contributed by atoms with Gasteiger partial charge in [-0.2, -0.15) is 46.7 Å². The van der Waals surface area contributed by atoms with Crippen LogP contribution in [-0.4, -0.2) is 83.9 Å². The number of guanidine groups is 1. The van der Waals surface area contributed by atoms with Gasteiger partial charge in [0.15, 0.2) is 11.8 Å². The Balaban J connectivity index is 1.40. The fraction of sp³-hybridized carbons (Fsp3) is 0.457. The van der Waals surface area contributed by atoms with Crippen LogP contribution in [0.1, 0.15) is 80.5 Å². The van der Waals surface area contributed by atoms with Gasteiger partial charge in [0.2, 0.25) is 0 Å². The summed E-state index contributed by atoms with van der Waals surface area (Å²) in [4.78, 5) is 37.9. The highest BCUT2D eigenvalue weighted by Crippen LogP contribution is 2.42. The number of nitrogens with zero attached hydrogens (tertiary/aromatic N) is 8. The van der Waals surface area contributed by atoms with E-state index in [4.69, 9.17) is 22.1 Å². The molecule has 21 heteroatoms. The molecule has 2 fully saturated rings. The molecule has 6 rings (SSSR count). The minimum Gasteiger partial charge on any atom is -0.447 e. The van der Waals surface area contributed by atoms with Crippen molar-refractivity contribution in [2.45, 2.75) is 82.7 Å². The molecule has 2 saturated carbocycles. The fourth-order valence-electron chi connectivity index (χ4n) is 5.64. The zero-order valence-corrected chi connectivity index (χ0v) is 30.6. The van der Waals surface area contributed by atoms with Gasteiger partial charge >= 0.3 is 18.8 Å². The Labute approximate surface area is 320 Å². The monoisotopic (exact) mass is 812 g/mol. The smallest absolute Gasteiger partial charge is 0.407 e. The Morgan fingerprint density at radius 3 is 2.39 bits per heavy atom. The summed E-state index contributed by atoms with van der Waals surface area (Å²) in [6.07, 6.45) is -4.99. The number of benzene rings is 2. The van der Waals surface area contributed by atoms with Crippen molar-refractivity contribution in [1.82, 2.24) is 40.0 Å². The van der Waals surface area contributed by atoms with Gasteiger partial charge in [0, 0.05) is 23.2 Å². The molecule has 0 radical (unpaired) electrons. The van der Waals surface area contributed by atoms with Crippen molar-refractivity contribution in [2.75, 3.05) is 13.2 Å². The maximum absolute atomic E-state index is 14.5. The molecule has 2 aromatic carbocycles. The van der Waals surface area contributed by atoms with Gasteiger partial charge in [-0.15, -0.1) is 0 Å². The molecule has 4 aromatic rings. The molecule has 2 aromatic heterocycles. The van der Waals surface area contributed by atoms with Crippen LogP contribution in [0.3, 0.4) is 0 Å². The van der Waals surface area contributed by atoms with Gasteiger partial charge < -0.3 is 15.8 Å². The number of alkyl halides is 7. The molecule has 0 spiro atoms. The number of nitrogens with one attached hydrogen (secondary N) is 1. The molecule has 0 unspecified atom stereocenters. The highest BCUT2D eigenvalue weighted by Gasteiger charge is 2.53. The second-order valence-electron chi connectivity index (χ2n) is 14.1. The number of rotatable bonds is 14. The quantitative estimate of drug-likeness (QED) is 0.0749. The van der Waals surface area contributed by atoms with Crippen molar-refractivity contribution >= 4 is 29.6 Å². The van der Waals surface area contributed by atoms with Crippen LogP contribution in [0.2, 0.25) is 5.02 Å². The lowest BCUT2D eigenvalue weighted by atomic mass is 9.89. The third-order valence-electron chi connectivity index (χ3n) is 9.67. The van der Waals surface area contributed by atoms with E-state index in [2.05, 4.69) is 30.6 Å². The Morgan fingerprint density at radius 1 is 1.09 bits per heavy atom. The Kier molecular flexibility index (Phi) is 11.3. The third-order valence-corrected chi connectivity index (χ3v) is 10.00. The van der Waals surface area contributed by atoms with Crippen LogP contribution in [0.5, 0.6) is 0 Å². The van der Waals surface area contributed by atoms with Gasteiger partial charge in [-0.05, 0) is 61.9 Å². The Bertz CT molecular complexity index is 2080. The topological polar surface area (TPSA) is 158 Å². The molecule has 3 N–H and O–H groups in total. The highest BCUT2D eigenvalue weighted by atomic mass is 35.5. The van der Waals surface area contributed by atoms with Crippen LogP contribution in [0.4, 0.5) is 35.5 Å². The minimum absolute atomic E-state index is 0.00665. The first-order valence-corrected chi connectivity index (χ1v) is 17.7. The van der Waals surface area contributed by atoms with E-state index in [1.807, 2.05) is 0 Å². The molecule has 2 amide bonds. The number of nitrogens with two attached hydrogens (primary N) is 1. The van der Waals surface area contributed by atoms with E-state index in [9.17, 15) is 40.3 Å². The van der Waals surface area contributed by atoms with Gasteiger partial charge in [0.25, 0.3) is 12.3 Å². The average Bonchev–Trinajstić information content (AvgIpc) is 4.04. The normalized spacial score (nSPS) is 16.2. The molecule has 13 nitrogen and oxygen atoms in total. The van der Waals surface area contributed by atoms with Crippen LogP contribution >= 0.6 is 11.6 Å². The lowest BCUT2D eigenvalue weighted by molar-refractivity contribution is -0.212. The van der Waals surface area contributed by atoms with Crippen molar-refractivity contribution in [1.29, 1.82) is 0 Å². The molecular weight excluding hydrogens is 777 g/mol. The minimum atomic E-state index is -4.60. The maximum atomic E-state index is 14.5. The molecule has 56 heavy (non-hydrogen) atoms. The predicted molar refractivity (Wildman–Crippen MR) is 188 cm³/mol. The van der Waals surface area contributed by atoms with Crippen LogP contribution in [0, 0.1) is 5.41 Å². The standard InChI is InChI=1S/C35H36ClF7N10O3/c1-33(2,35(41,42)43)13-14-45-31(44)51(28(54)20-5-3-19(4-6-20)25-16-47-53(50-25)22-8-9-22)26(17-56-32(55)49-34(11-12-34)29(37)38)21-7-10-24(36)23(15-21)27-46-18-48-52(27)30(39)40/h3-7,10,15-16,18,22,26,29-30H,8-9,11-14,17H2,1-2H3,(H2,44,45)(H,49,55)/t26-/m1/s1. The molecule has 300 valence electrons. The summed E-state index contributed by atoms with van der Waals surface area (Å²) in [7, 11) is 0. The third kappa shape index (κ3) is 8.74. The van der Waals surface area contributed by atoms with Gasteiger partial charge in [-0.1, -0.05) is 43.6 Å². The Hall–Kier alpha value is -5.27. The van der Waals surface area contributed by atoms with E-state index in [0.717, 1.165) is 37.9 Å². The van der Waals surface area contributed by atoms with Crippen molar-refractivity contribution in [3.63, 3.8) is 0 Å². The van der Waals surface area contributed by atoms with Gasteiger partial charge in [-0.25, -0.2) is 18.6 Å². The van der Waals surface area contributed by atoms with E-state index in [0.29, 0.717) is 11.3 Å². The number of amides is 2. The summed E-state index contributed by atoms with van der Waals surface area (Å²) < 4.78 is 102. The second kappa shape index (κ2) is 15.7. The number of carbonyl (C=O) groups is 2. The first-order chi connectivity index (χ1) is 26.4. The van der Waals surface area contributed by atoms with Crippen molar-refractivity contribution < 1.29 is 45.1 Å². The number of aliphatic imine (C=N–C) groups is 1. The lowest BCUT2D eigenvalue weighted by Gasteiger charge is -2.32. The van der Waals surface area contributed by atoms with Gasteiger partial charge in [0.1, 0.15) is 24.2 Å². The first-order valence-electron chi connectivity index (χ1n) is 17.3. The zero-order chi connectivity index (χ0) is 40.6. The maximum Gasteiger partial charge on any atom is 0.407 e. The fourth-order valence-corrected chi connectivity index (χ4v) is 5.84. The number of carbonyl (C=O) groups excluding carboxylic acids is 2. The molecule has 2 heterocycles. The number of hydrogen-bond acceptors (Lipinski definition) is 8. The molecule has 2 aliphatic rings. The number of ether oxygens (including phenoxy) is 1. The van der Waals surface area contributed by atoms with E-state index in [1.165, 1.54) is 30.3 Å². The molecule has 0 saturated heterocycles. The summed E-state index contributed by atoms with van der Waals surface area (Å²) in [5.41, 5.74) is 3.51. The van der Waals surface area contributed by atoms with E-state index in [-0.39, 0.29) is 51.1 Å². The van der Waals surface area contributed by atoms with Crippen molar-refractivity contribution in [3.8, 4) is 22.6 Å². The summed E-state index contributed by atoms with van der Waals surface area (Å²) in [6, 6.07) is 8.65. The average molecular weight is 813 g/mol. The summed E-state index contributed by atoms with van der Waals surface area (Å²) in [6.45, 7) is -2.48. The predicted octanol–water partition coefficient (Wildman–Crippen LogP) is 7.59. The Morgan fingerprint density at radius 2 is 1.79 bits per heavy atom. The van der Waals surface area contributed by atoms with Crippen molar-refractivity contribution in [3.05, 3.63) is 71.1 Å². The van der Waals surface area contributed by atoms with E-state index >= 15 is 0 Å². The molecular formula is C35H36ClF7N10O3. The number of halogens is 8. The number of hydrogen-bond donors (Lipinski definition) is 2. The second-order valence-corrected chi connectivity index (χ2v) is 14.6. The van der Waals surface area contributed by atoms with Gasteiger partial charge in [0.05, 0.1) is 28.7 Å². The number of alkyl carbamates (subject to hydrolysis) is 1. The summed E-state index contributed by atoms with van der Waals surface area (Å²) in [5.74, 6) is -1.85. The van der Waals surface area contributed by atoms with Crippen molar-refractivity contribution in [2.24, 2.45) is 16.1 Å². The van der Waals surface area contributed by atoms with Crippen LogP contribution in [-0.2, 0) is 4.74 Å². The largest absolute Gasteiger partial charge is 0.447 e. The summed E-state index contributed by atoms with van der Waals surface area (Å²) >= 11 is 6.42. The molecule has 2 aliphatic carbocycles. The SMILES string of the molecule is CC(C)(CCN=C(N)N(C(=O)c1ccc(-c2cnn(C3CC3)n2)cc1)[C@H](COC(=O)NC1(C(F)F)CC1)c1ccc(Cl)c(-c2ncnn2C(F)F)c1)C(F)(F)F. The summed E-state index contributed by atoms with van der Waals surface area (Å²) in [5, 5.41) is 14.4. The van der Waals surface area contributed by atoms with Crippen LogP contribution in [0.25, 0.3) is 22.6 Å². The number of aromatic nitrogens is 6. The molecule has 1 atom stereocenters. The molecule has 0 bridgehead atoms. The van der Waals surface area contributed by atoms with E-state index < -0.39 is 73.7 Å². The van der Waals surface area contributed by atoms with Crippen LogP contribution < -0.4 is 11.1 Å². The lowest BCUT2D eigenvalue weighted by Crippen LogP contribution is -2.47. The zero-order valence-electron chi connectivity index (χ0n) is 29.9. The highest BCUT2D eigenvalue weighted by molar-refractivity contribution is 6.33. The first kappa shape index (κ1) is 40.4.